The molecule has 0 aromatic heterocycles. The van der Waals surface area contributed by atoms with Crippen molar-refractivity contribution in [3.8, 4) is 0 Å². The van der Waals surface area contributed by atoms with Gasteiger partial charge in [-0.2, -0.15) is 0 Å². The highest BCUT2D eigenvalue weighted by molar-refractivity contribution is 4.99. The van der Waals surface area contributed by atoms with Crippen LogP contribution in [0, 0.1) is 5.92 Å². The summed E-state index contributed by atoms with van der Waals surface area (Å²) in [5.41, 5.74) is -0.00159. The van der Waals surface area contributed by atoms with Crippen molar-refractivity contribution in [2.24, 2.45) is 5.92 Å². The molecule has 4 heteroatoms. The van der Waals surface area contributed by atoms with Crippen LogP contribution < -0.4 is 5.32 Å². The maximum atomic E-state index is 9.86. The SMILES string of the molecule is CCNC1(CO)CCCC1CCN1CCC(OCC)CC1. The van der Waals surface area contributed by atoms with E-state index in [0.29, 0.717) is 12.0 Å². The predicted octanol–water partition coefficient (Wildman–Crippen LogP) is 2.02. The Morgan fingerprint density at radius 1 is 1.24 bits per heavy atom. The van der Waals surface area contributed by atoms with E-state index >= 15 is 0 Å². The van der Waals surface area contributed by atoms with Crippen LogP contribution in [0.1, 0.15) is 52.4 Å². The van der Waals surface area contributed by atoms with Gasteiger partial charge in [0, 0.05) is 25.2 Å². The lowest BCUT2D eigenvalue weighted by atomic mass is 9.85. The predicted molar refractivity (Wildman–Crippen MR) is 86.5 cm³/mol. The van der Waals surface area contributed by atoms with Gasteiger partial charge in [-0.1, -0.05) is 13.3 Å². The molecule has 1 aliphatic carbocycles. The van der Waals surface area contributed by atoms with Crippen molar-refractivity contribution in [1.82, 2.24) is 10.2 Å². The van der Waals surface area contributed by atoms with Gasteiger partial charge in [0.15, 0.2) is 0 Å². The average Bonchev–Trinajstić information content (AvgIpc) is 2.90. The highest BCUT2D eigenvalue weighted by Gasteiger charge is 2.41. The number of aliphatic hydroxyl groups excluding tert-OH is 1. The molecule has 0 bridgehead atoms. The van der Waals surface area contributed by atoms with Crippen LogP contribution in [-0.4, -0.2) is 61.0 Å². The van der Waals surface area contributed by atoms with Crippen LogP contribution in [0.15, 0.2) is 0 Å². The van der Waals surface area contributed by atoms with E-state index < -0.39 is 0 Å². The smallest absolute Gasteiger partial charge is 0.0616 e. The summed E-state index contributed by atoms with van der Waals surface area (Å²) in [5.74, 6) is 0.632. The van der Waals surface area contributed by atoms with Gasteiger partial charge in [-0.3, -0.25) is 0 Å². The molecular formula is C17H34N2O2. The number of piperidine rings is 1. The van der Waals surface area contributed by atoms with Crippen molar-refractivity contribution in [2.75, 3.05) is 39.4 Å². The van der Waals surface area contributed by atoms with Gasteiger partial charge >= 0.3 is 0 Å². The molecule has 124 valence electrons. The summed E-state index contributed by atoms with van der Waals surface area (Å²) in [6.45, 7) is 9.84. The monoisotopic (exact) mass is 298 g/mol. The van der Waals surface area contributed by atoms with Crippen molar-refractivity contribution in [3.63, 3.8) is 0 Å². The summed E-state index contributed by atoms with van der Waals surface area (Å²) in [6, 6.07) is 0. The molecular weight excluding hydrogens is 264 g/mol. The molecule has 0 amide bonds. The molecule has 2 aliphatic rings. The van der Waals surface area contributed by atoms with Crippen molar-refractivity contribution in [1.29, 1.82) is 0 Å². The Kier molecular flexibility index (Phi) is 6.93. The Bertz CT molecular complexity index is 293. The van der Waals surface area contributed by atoms with Crippen LogP contribution in [0.25, 0.3) is 0 Å². The molecule has 0 aromatic carbocycles. The van der Waals surface area contributed by atoms with Crippen molar-refractivity contribution in [2.45, 2.75) is 64.0 Å². The second kappa shape index (κ2) is 8.47. The Labute approximate surface area is 130 Å². The zero-order valence-corrected chi connectivity index (χ0v) is 13.9. The molecule has 1 saturated carbocycles. The van der Waals surface area contributed by atoms with Crippen LogP contribution >= 0.6 is 0 Å². The van der Waals surface area contributed by atoms with E-state index in [1.807, 2.05) is 0 Å². The van der Waals surface area contributed by atoms with E-state index in [2.05, 4.69) is 24.1 Å². The third kappa shape index (κ3) is 4.41. The van der Waals surface area contributed by atoms with E-state index in [1.54, 1.807) is 0 Å². The zero-order chi connectivity index (χ0) is 15.1. The fourth-order valence-electron chi connectivity index (χ4n) is 4.29. The molecule has 4 nitrogen and oxygen atoms in total. The maximum Gasteiger partial charge on any atom is 0.0616 e. The van der Waals surface area contributed by atoms with Crippen LogP contribution in [0.5, 0.6) is 0 Å². The summed E-state index contributed by atoms with van der Waals surface area (Å²) in [6.07, 6.45) is 7.71. The molecule has 1 heterocycles. The molecule has 0 spiro atoms. The van der Waals surface area contributed by atoms with Gasteiger partial charge in [0.05, 0.1) is 12.7 Å². The molecule has 2 atom stereocenters. The van der Waals surface area contributed by atoms with Gasteiger partial charge in [-0.05, 0) is 58.0 Å². The third-order valence-corrected chi connectivity index (χ3v) is 5.50. The minimum absolute atomic E-state index is 0.00159. The first-order valence-electron chi connectivity index (χ1n) is 8.94. The van der Waals surface area contributed by atoms with Gasteiger partial charge in [-0.15, -0.1) is 0 Å². The summed E-state index contributed by atoms with van der Waals surface area (Å²) in [4.78, 5) is 2.59. The highest BCUT2D eigenvalue weighted by Crippen LogP contribution is 2.37. The third-order valence-electron chi connectivity index (χ3n) is 5.50. The molecule has 2 N–H and O–H groups in total. The van der Waals surface area contributed by atoms with Crippen LogP contribution in [-0.2, 0) is 4.74 Å². The summed E-state index contributed by atoms with van der Waals surface area (Å²) >= 11 is 0. The average molecular weight is 298 g/mol. The largest absolute Gasteiger partial charge is 0.394 e. The summed E-state index contributed by atoms with van der Waals surface area (Å²) in [5, 5.41) is 13.4. The fraction of sp³-hybridized carbons (Fsp3) is 1.00. The number of hydrogen-bond acceptors (Lipinski definition) is 4. The zero-order valence-electron chi connectivity index (χ0n) is 13.9. The number of hydrogen-bond donors (Lipinski definition) is 2. The number of nitrogens with one attached hydrogen (secondary N) is 1. The van der Waals surface area contributed by atoms with Crippen LogP contribution in [0.4, 0.5) is 0 Å². The molecule has 0 radical (unpaired) electrons. The van der Waals surface area contributed by atoms with Gasteiger partial charge < -0.3 is 20.1 Å². The lowest BCUT2D eigenvalue weighted by molar-refractivity contribution is 0.0118. The van der Waals surface area contributed by atoms with E-state index in [9.17, 15) is 5.11 Å². The van der Waals surface area contributed by atoms with E-state index in [1.165, 1.54) is 51.7 Å². The van der Waals surface area contributed by atoms with Crippen LogP contribution in [0.3, 0.4) is 0 Å². The van der Waals surface area contributed by atoms with Gasteiger partial charge in [-0.25, -0.2) is 0 Å². The van der Waals surface area contributed by atoms with Crippen molar-refractivity contribution in [3.05, 3.63) is 0 Å². The Morgan fingerprint density at radius 2 is 2.00 bits per heavy atom. The molecule has 1 aliphatic heterocycles. The van der Waals surface area contributed by atoms with Crippen molar-refractivity contribution < 1.29 is 9.84 Å². The van der Waals surface area contributed by atoms with Crippen molar-refractivity contribution >= 4 is 0 Å². The second-order valence-electron chi connectivity index (χ2n) is 6.72. The molecule has 1 saturated heterocycles. The molecule has 2 rings (SSSR count). The minimum Gasteiger partial charge on any atom is -0.394 e. The molecule has 0 aromatic rings. The maximum absolute atomic E-state index is 9.86. The molecule has 2 unspecified atom stereocenters. The van der Waals surface area contributed by atoms with E-state index in [4.69, 9.17) is 4.74 Å². The Hall–Kier alpha value is -0.160. The highest BCUT2D eigenvalue weighted by atomic mass is 16.5. The minimum atomic E-state index is -0.00159. The number of nitrogens with zero attached hydrogens (tertiary/aromatic N) is 1. The quantitative estimate of drug-likeness (QED) is 0.719. The summed E-state index contributed by atoms with van der Waals surface area (Å²) < 4.78 is 5.72. The molecule has 21 heavy (non-hydrogen) atoms. The lowest BCUT2D eigenvalue weighted by Crippen LogP contribution is -2.52. The number of aliphatic hydroxyl groups is 1. The molecule has 2 fully saturated rings. The second-order valence-corrected chi connectivity index (χ2v) is 6.72. The van der Waals surface area contributed by atoms with Crippen LogP contribution in [0.2, 0.25) is 0 Å². The first-order chi connectivity index (χ1) is 10.2. The van der Waals surface area contributed by atoms with E-state index in [0.717, 1.165) is 19.6 Å². The first kappa shape index (κ1) is 17.2. The summed E-state index contributed by atoms with van der Waals surface area (Å²) in [7, 11) is 0. The number of rotatable bonds is 8. The first-order valence-corrected chi connectivity index (χ1v) is 8.94. The number of likely N-dealkylation sites (N-methyl/N-ethyl adjacent to an activating group) is 1. The standard InChI is InChI=1S/C17H34N2O2/c1-3-18-17(14-20)10-5-6-15(17)7-11-19-12-8-16(9-13-19)21-4-2/h15-16,18,20H,3-14H2,1-2H3. The Morgan fingerprint density at radius 3 is 2.62 bits per heavy atom. The lowest BCUT2D eigenvalue weighted by Gasteiger charge is -2.37. The topological polar surface area (TPSA) is 44.7 Å². The van der Waals surface area contributed by atoms with Gasteiger partial charge in [0.25, 0.3) is 0 Å². The number of likely N-dealkylation sites (tertiary alicyclic amines) is 1. The Balaban J connectivity index is 1.75. The number of ether oxygens (including phenoxy) is 1. The van der Waals surface area contributed by atoms with E-state index in [-0.39, 0.29) is 12.1 Å². The normalized spacial score (nSPS) is 31.9. The van der Waals surface area contributed by atoms with Gasteiger partial charge in [0.2, 0.25) is 0 Å². The van der Waals surface area contributed by atoms with Gasteiger partial charge in [0.1, 0.15) is 0 Å². The fourth-order valence-corrected chi connectivity index (χ4v) is 4.29.